The molecule has 1 aromatic carbocycles. The third kappa shape index (κ3) is 2.83. The number of aromatic nitrogens is 2. The van der Waals surface area contributed by atoms with Gasteiger partial charge in [-0.25, -0.2) is 13.2 Å². The fourth-order valence-electron chi connectivity index (χ4n) is 4.06. The van der Waals surface area contributed by atoms with Gasteiger partial charge in [0.05, 0.1) is 21.9 Å². The topological polar surface area (TPSA) is 21.1 Å². The van der Waals surface area contributed by atoms with E-state index in [1.54, 1.807) is 10.7 Å². The Morgan fingerprint density at radius 2 is 1.85 bits per heavy atom. The predicted molar refractivity (Wildman–Crippen MR) is 94.9 cm³/mol. The molecule has 0 unspecified atom stereocenters. The number of rotatable bonds is 1. The van der Waals surface area contributed by atoms with E-state index in [0.717, 1.165) is 5.69 Å². The molecule has 0 amide bonds. The van der Waals surface area contributed by atoms with E-state index in [0.29, 0.717) is 24.3 Å². The highest BCUT2D eigenvalue weighted by Gasteiger charge is 2.61. The summed E-state index contributed by atoms with van der Waals surface area (Å²) in [6.45, 7) is 7.45. The smallest absolute Gasteiger partial charge is 0.252 e. The number of alkyl halides is 2. The van der Waals surface area contributed by atoms with E-state index in [-0.39, 0.29) is 23.4 Å². The first-order chi connectivity index (χ1) is 12.0. The molecule has 4 rings (SSSR count). The standard InChI is InChI=1S/C19H21ClF3N3/c1-17(2,3)25-8-13-7-16(12-4-5-15(21)14(20)6-12)24-26(13)18(11-25)9-19(22,23)10-18/h4-7H,8-11H2,1-3H3. The molecule has 0 radical (unpaired) electrons. The van der Waals surface area contributed by atoms with Gasteiger partial charge in [0, 0.05) is 37.0 Å². The second kappa shape index (κ2) is 5.49. The van der Waals surface area contributed by atoms with Crippen molar-refractivity contribution in [2.24, 2.45) is 0 Å². The van der Waals surface area contributed by atoms with E-state index in [1.165, 1.54) is 12.1 Å². The van der Waals surface area contributed by atoms with Crippen LogP contribution in [0.3, 0.4) is 0 Å². The van der Waals surface area contributed by atoms with Crippen LogP contribution in [0.1, 0.15) is 39.3 Å². The highest BCUT2D eigenvalue weighted by molar-refractivity contribution is 6.31. The molecule has 0 atom stereocenters. The van der Waals surface area contributed by atoms with Crippen LogP contribution in [0.5, 0.6) is 0 Å². The Balaban J connectivity index is 1.77. The van der Waals surface area contributed by atoms with Crippen LogP contribution in [-0.4, -0.2) is 32.7 Å². The lowest BCUT2D eigenvalue weighted by Crippen LogP contribution is -2.64. The minimum absolute atomic E-state index is 0.0229. The molecule has 7 heteroatoms. The van der Waals surface area contributed by atoms with Crippen LogP contribution in [0.4, 0.5) is 13.2 Å². The van der Waals surface area contributed by atoms with Gasteiger partial charge in [-0.1, -0.05) is 11.6 Å². The van der Waals surface area contributed by atoms with Crippen LogP contribution in [0.15, 0.2) is 24.3 Å². The van der Waals surface area contributed by atoms with Crippen LogP contribution < -0.4 is 0 Å². The van der Waals surface area contributed by atoms with Gasteiger partial charge in [-0.15, -0.1) is 0 Å². The van der Waals surface area contributed by atoms with Gasteiger partial charge in [-0.2, -0.15) is 5.10 Å². The number of nitrogens with zero attached hydrogens (tertiary/aromatic N) is 3. The summed E-state index contributed by atoms with van der Waals surface area (Å²) in [6.07, 6.45) is -0.407. The lowest BCUT2D eigenvalue weighted by molar-refractivity contribution is -0.177. The highest BCUT2D eigenvalue weighted by atomic mass is 35.5. The number of fused-ring (bicyclic) bond motifs is 2. The van der Waals surface area contributed by atoms with Crippen molar-refractivity contribution in [1.29, 1.82) is 0 Å². The van der Waals surface area contributed by atoms with Crippen molar-refractivity contribution in [3.05, 3.63) is 40.8 Å². The minimum Gasteiger partial charge on any atom is -0.290 e. The van der Waals surface area contributed by atoms with E-state index in [4.69, 9.17) is 11.6 Å². The van der Waals surface area contributed by atoms with Gasteiger partial charge in [0.1, 0.15) is 5.82 Å². The summed E-state index contributed by atoms with van der Waals surface area (Å²) in [7, 11) is 0. The molecule has 26 heavy (non-hydrogen) atoms. The molecule has 3 nitrogen and oxygen atoms in total. The quantitative estimate of drug-likeness (QED) is 0.684. The van der Waals surface area contributed by atoms with Gasteiger partial charge in [0.25, 0.3) is 5.92 Å². The first kappa shape index (κ1) is 17.9. The van der Waals surface area contributed by atoms with Gasteiger partial charge >= 0.3 is 0 Å². The Hall–Kier alpha value is -1.53. The molecule has 140 valence electrons. The maximum atomic E-state index is 13.8. The summed E-state index contributed by atoms with van der Waals surface area (Å²) >= 11 is 5.89. The normalized spacial score (nSPS) is 21.5. The maximum absolute atomic E-state index is 13.8. The molecule has 1 saturated carbocycles. The molecule has 1 spiro atoms. The summed E-state index contributed by atoms with van der Waals surface area (Å²) in [4.78, 5) is 2.22. The Kier molecular flexibility index (Phi) is 3.77. The van der Waals surface area contributed by atoms with Gasteiger partial charge in [-0.05, 0) is 45.0 Å². The van der Waals surface area contributed by atoms with Gasteiger partial charge in [0.15, 0.2) is 0 Å². The van der Waals surface area contributed by atoms with E-state index >= 15 is 0 Å². The SMILES string of the molecule is CC(C)(C)N1Cc2cc(-c3ccc(F)c(Cl)c3)nn2C2(C1)CC(F)(F)C2. The molecule has 2 aromatic rings. The van der Waals surface area contributed by atoms with Crippen molar-refractivity contribution in [3.8, 4) is 11.3 Å². The lowest BCUT2D eigenvalue weighted by Gasteiger charge is -2.55. The third-order valence-electron chi connectivity index (χ3n) is 5.41. The summed E-state index contributed by atoms with van der Waals surface area (Å²) in [6, 6.07) is 6.33. The number of hydrogen-bond donors (Lipinski definition) is 0. The first-order valence-corrected chi connectivity index (χ1v) is 9.05. The Bertz CT molecular complexity index is 861. The second-order valence-corrected chi connectivity index (χ2v) is 8.93. The number of benzene rings is 1. The zero-order valence-corrected chi connectivity index (χ0v) is 15.7. The average molecular weight is 384 g/mol. The van der Waals surface area contributed by atoms with E-state index in [2.05, 4.69) is 30.8 Å². The first-order valence-electron chi connectivity index (χ1n) is 8.67. The largest absolute Gasteiger partial charge is 0.290 e. The number of halogens is 4. The third-order valence-corrected chi connectivity index (χ3v) is 5.70. The maximum Gasteiger partial charge on any atom is 0.252 e. The Morgan fingerprint density at radius 3 is 2.42 bits per heavy atom. The van der Waals surface area contributed by atoms with Crippen LogP contribution in [0, 0.1) is 5.82 Å². The molecule has 2 heterocycles. The summed E-state index contributed by atoms with van der Waals surface area (Å²) in [5.41, 5.74) is 1.39. The van der Waals surface area contributed by atoms with Crippen molar-refractivity contribution in [2.45, 2.75) is 57.2 Å². The monoisotopic (exact) mass is 383 g/mol. The van der Waals surface area contributed by atoms with Crippen LogP contribution in [0.2, 0.25) is 5.02 Å². The fourth-order valence-corrected chi connectivity index (χ4v) is 4.24. The van der Waals surface area contributed by atoms with E-state index in [9.17, 15) is 13.2 Å². The van der Waals surface area contributed by atoms with Crippen LogP contribution in [0.25, 0.3) is 11.3 Å². The van der Waals surface area contributed by atoms with Crippen molar-refractivity contribution < 1.29 is 13.2 Å². The summed E-state index contributed by atoms with van der Waals surface area (Å²) in [5.74, 6) is -3.14. The van der Waals surface area contributed by atoms with Gasteiger partial charge in [0.2, 0.25) is 0 Å². The predicted octanol–water partition coefficient (Wildman–Crippen LogP) is 5.08. The molecular formula is C19H21ClF3N3. The van der Waals surface area contributed by atoms with Gasteiger partial charge in [-0.3, -0.25) is 9.58 Å². The fraction of sp³-hybridized carbons (Fsp3) is 0.526. The van der Waals surface area contributed by atoms with Crippen molar-refractivity contribution in [3.63, 3.8) is 0 Å². The summed E-state index contributed by atoms with van der Waals surface area (Å²) < 4.78 is 42.8. The molecule has 0 N–H and O–H groups in total. The Morgan fingerprint density at radius 1 is 1.15 bits per heavy atom. The molecule has 0 saturated heterocycles. The van der Waals surface area contributed by atoms with E-state index < -0.39 is 17.3 Å². The molecule has 2 aliphatic rings. The lowest BCUT2D eigenvalue weighted by atomic mass is 9.71. The second-order valence-electron chi connectivity index (χ2n) is 8.52. The van der Waals surface area contributed by atoms with Crippen molar-refractivity contribution in [1.82, 2.24) is 14.7 Å². The zero-order chi connectivity index (χ0) is 18.9. The molecule has 1 aliphatic carbocycles. The van der Waals surface area contributed by atoms with Crippen LogP contribution >= 0.6 is 11.6 Å². The molecule has 0 bridgehead atoms. The van der Waals surface area contributed by atoms with E-state index in [1.807, 2.05) is 6.07 Å². The minimum atomic E-state index is -2.65. The zero-order valence-electron chi connectivity index (χ0n) is 15.0. The van der Waals surface area contributed by atoms with Crippen molar-refractivity contribution in [2.75, 3.05) is 6.54 Å². The molecule has 1 fully saturated rings. The molecule has 1 aromatic heterocycles. The van der Waals surface area contributed by atoms with Gasteiger partial charge < -0.3 is 0 Å². The Labute approximate surface area is 155 Å². The molecule has 1 aliphatic heterocycles. The molecular weight excluding hydrogens is 363 g/mol. The van der Waals surface area contributed by atoms with Crippen LogP contribution in [-0.2, 0) is 12.1 Å². The summed E-state index contributed by atoms with van der Waals surface area (Å²) in [5, 5.41) is 4.65. The number of hydrogen-bond acceptors (Lipinski definition) is 2. The highest BCUT2D eigenvalue weighted by Crippen LogP contribution is 2.53. The van der Waals surface area contributed by atoms with Crippen molar-refractivity contribution >= 4 is 11.6 Å². The average Bonchev–Trinajstić information content (AvgIpc) is 2.92.